The fourth-order valence-corrected chi connectivity index (χ4v) is 3.07. The number of rotatable bonds is 6. The molecule has 2 N–H and O–H groups in total. The second-order valence-corrected chi connectivity index (χ2v) is 6.21. The van der Waals surface area contributed by atoms with Crippen LogP contribution in [0.1, 0.15) is 58.1 Å². The van der Waals surface area contributed by atoms with Crippen LogP contribution in [0.4, 0.5) is 5.69 Å². The van der Waals surface area contributed by atoms with Crippen LogP contribution in [0.2, 0.25) is 0 Å². The lowest BCUT2D eigenvalue weighted by Gasteiger charge is -2.31. The van der Waals surface area contributed by atoms with Gasteiger partial charge in [-0.25, -0.2) is 0 Å². The van der Waals surface area contributed by atoms with E-state index in [2.05, 4.69) is 55.3 Å². The number of nitrogens with one attached hydrogen (secondary N) is 1. The smallest absolute Gasteiger partial charge is 0.0574 e. The number of aliphatic hydroxyl groups excluding tert-OH is 1. The van der Waals surface area contributed by atoms with Crippen molar-refractivity contribution in [2.45, 2.75) is 64.6 Å². The molecule has 21 heavy (non-hydrogen) atoms. The summed E-state index contributed by atoms with van der Waals surface area (Å²) in [6.07, 6.45) is 4.01. The van der Waals surface area contributed by atoms with Gasteiger partial charge in [0.2, 0.25) is 0 Å². The van der Waals surface area contributed by atoms with Crippen molar-refractivity contribution in [1.82, 2.24) is 5.32 Å². The van der Waals surface area contributed by atoms with Gasteiger partial charge in [-0.3, -0.25) is 0 Å². The van der Waals surface area contributed by atoms with Gasteiger partial charge in [-0.1, -0.05) is 26.0 Å². The van der Waals surface area contributed by atoms with E-state index in [-0.39, 0.29) is 6.10 Å². The molecule has 1 heterocycles. The molecule has 118 valence electrons. The molecule has 0 radical (unpaired) electrons. The minimum absolute atomic E-state index is 0.107. The number of hydrogen-bond donors (Lipinski definition) is 2. The van der Waals surface area contributed by atoms with Gasteiger partial charge >= 0.3 is 0 Å². The van der Waals surface area contributed by atoms with Crippen molar-refractivity contribution in [3.8, 4) is 0 Å². The van der Waals surface area contributed by atoms with E-state index in [1.165, 1.54) is 24.1 Å². The normalized spacial score (nSPS) is 18.2. The zero-order valence-electron chi connectivity index (χ0n) is 13.7. The van der Waals surface area contributed by atoms with E-state index in [9.17, 15) is 5.11 Å². The molecule has 1 aromatic rings. The molecule has 1 aliphatic heterocycles. The monoisotopic (exact) mass is 290 g/mol. The lowest BCUT2D eigenvalue weighted by molar-refractivity contribution is 0.145. The molecule has 0 amide bonds. The van der Waals surface area contributed by atoms with E-state index in [1.54, 1.807) is 0 Å². The second kappa shape index (κ2) is 7.81. The SMILES string of the molecule is CCC(CC)NC(C)c1ccc(N2CCC(O)CC2)cc1. The summed E-state index contributed by atoms with van der Waals surface area (Å²) in [4.78, 5) is 2.37. The quantitative estimate of drug-likeness (QED) is 0.842. The van der Waals surface area contributed by atoms with Gasteiger partial charge in [0.15, 0.2) is 0 Å². The van der Waals surface area contributed by atoms with E-state index < -0.39 is 0 Å². The highest BCUT2D eigenvalue weighted by Crippen LogP contribution is 2.23. The van der Waals surface area contributed by atoms with Crippen LogP contribution in [-0.4, -0.2) is 30.3 Å². The van der Waals surface area contributed by atoms with Gasteiger partial charge in [0.1, 0.15) is 0 Å². The molecule has 0 aromatic heterocycles. The van der Waals surface area contributed by atoms with Gasteiger partial charge in [-0.15, -0.1) is 0 Å². The third-order valence-corrected chi connectivity index (χ3v) is 4.69. The van der Waals surface area contributed by atoms with Crippen LogP contribution in [0.25, 0.3) is 0 Å². The van der Waals surface area contributed by atoms with Gasteiger partial charge in [-0.2, -0.15) is 0 Å². The van der Waals surface area contributed by atoms with E-state index in [0.717, 1.165) is 25.9 Å². The first-order valence-electron chi connectivity index (χ1n) is 8.43. The second-order valence-electron chi connectivity index (χ2n) is 6.21. The predicted octanol–water partition coefficient (Wildman–Crippen LogP) is 3.49. The van der Waals surface area contributed by atoms with Crippen molar-refractivity contribution in [2.24, 2.45) is 0 Å². The molecule has 1 aliphatic rings. The van der Waals surface area contributed by atoms with Crippen LogP contribution < -0.4 is 10.2 Å². The summed E-state index contributed by atoms with van der Waals surface area (Å²) >= 11 is 0. The van der Waals surface area contributed by atoms with Crippen LogP contribution in [0, 0.1) is 0 Å². The summed E-state index contributed by atoms with van der Waals surface area (Å²) in [6, 6.07) is 9.91. The summed E-state index contributed by atoms with van der Waals surface area (Å²) in [6.45, 7) is 8.64. The molecule has 1 saturated heterocycles. The lowest BCUT2D eigenvalue weighted by atomic mass is 10.0. The van der Waals surface area contributed by atoms with Gasteiger partial charge in [0.25, 0.3) is 0 Å². The summed E-state index contributed by atoms with van der Waals surface area (Å²) in [5.74, 6) is 0. The first-order chi connectivity index (χ1) is 10.1. The molecule has 1 atom stereocenters. The summed E-state index contributed by atoms with van der Waals surface area (Å²) < 4.78 is 0. The van der Waals surface area contributed by atoms with Crippen LogP contribution in [0.5, 0.6) is 0 Å². The minimum atomic E-state index is -0.107. The largest absolute Gasteiger partial charge is 0.393 e. The molecule has 2 rings (SSSR count). The maximum absolute atomic E-state index is 9.59. The van der Waals surface area contributed by atoms with Gasteiger partial charge in [0.05, 0.1) is 6.10 Å². The van der Waals surface area contributed by atoms with E-state index >= 15 is 0 Å². The Morgan fingerprint density at radius 1 is 1.14 bits per heavy atom. The van der Waals surface area contributed by atoms with Crippen molar-refractivity contribution in [3.63, 3.8) is 0 Å². The highest BCUT2D eigenvalue weighted by atomic mass is 16.3. The van der Waals surface area contributed by atoms with Crippen molar-refractivity contribution in [1.29, 1.82) is 0 Å². The molecule has 0 aliphatic carbocycles. The highest BCUT2D eigenvalue weighted by molar-refractivity contribution is 5.48. The Bertz CT molecular complexity index is 406. The molecule has 3 nitrogen and oxygen atoms in total. The summed E-state index contributed by atoms with van der Waals surface area (Å²) in [5.41, 5.74) is 2.63. The molecule has 0 saturated carbocycles. The molecular formula is C18H30N2O. The molecule has 0 spiro atoms. The third kappa shape index (κ3) is 4.45. The minimum Gasteiger partial charge on any atom is -0.393 e. The van der Waals surface area contributed by atoms with Gasteiger partial charge < -0.3 is 15.3 Å². The molecule has 3 heteroatoms. The average Bonchev–Trinajstić information content (AvgIpc) is 2.53. The van der Waals surface area contributed by atoms with Crippen molar-refractivity contribution < 1.29 is 5.11 Å². The van der Waals surface area contributed by atoms with E-state index in [0.29, 0.717) is 12.1 Å². The Hall–Kier alpha value is -1.06. The Labute approximate surface area is 129 Å². The molecular weight excluding hydrogens is 260 g/mol. The summed E-state index contributed by atoms with van der Waals surface area (Å²) in [7, 11) is 0. The summed E-state index contributed by atoms with van der Waals surface area (Å²) in [5, 5.41) is 13.3. The fourth-order valence-electron chi connectivity index (χ4n) is 3.07. The average molecular weight is 290 g/mol. The van der Waals surface area contributed by atoms with Gasteiger partial charge in [0, 0.05) is 30.9 Å². The van der Waals surface area contributed by atoms with Crippen molar-refractivity contribution >= 4 is 5.69 Å². The lowest BCUT2D eigenvalue weighted by Crippen LogP contribution is -2.35. The maximum Gasteiger partial charge on any atom is 0.0574 e. The Balaban J connectivity index is 1.95. The first-order valence-corrected chi connectivity index (χ1v) is 8.43. The standard InChI is InChI=1S/C18H30N2O/c1-4-16(5-2)19-14(3)15-6-8-17(9-7-15)20-12-10-18(21)11-13-20/h6-9,14,16,18-19,21H,4-5,10-13H2,1-3H3. The zero-order valence-corrected chi connectivity index (χ0v) is 13.7. The number of piperidine rings is 1. The number of benzene rings is 1. The zero-order chi connectivity index (χ0) is 15.2. The maximum atomic E-state index is 9.59. The van der Waals surface area contributed by atoms with Gasteiger partial charge in [-0.05, 0) is 50.3 Å². The Kier molecular flexibility index (Phi) is 6.07. The number of nitrogens with zero attached hydrogens (tertiary/aromatic N) is 1. The Morgan fingerprint density at radius 2 is 1.71 bits per heavy atom. The molecule has 1 fully saturated rings. The molecule has 1 aromatic carbocycles. The Morgan fingerprint density at radius 3 is 2.24 bits per heavy atom. The first kappa shape index (κ1) is 16.3. The van der Waals surface area contributed by atoms with Crippen LogP contribution in [-0.2, 0) is 0 Å². The number of anilines is 1. The number of hydrogen-bond acceptors (Lipinski definition) is 3. The predicted molar refractivity (Wildman–Crippen MR) is 89.8 cm³/mol. The van der Waals surface area contributed by atoms with E-state index in [1.807, 2.05) is 0 Å². The topological polar surface area (TPSA) is 35.5 Å². The van der Waals surface area contributed by atoms with E-state index in [4.69, 9.17) is 0 Å². The van der Waals surface area contributed by atoms with Crippen LogP contribution in [0.3, 0.4) is 0 Å². The van der Waals surface area contributed by atoms with Crippen molar-refractivity contribution in [2.75, 3.05) is 18.0 Å². The van der Waals surface area contributed by atoms with Crippen molar-refractivity contribution in [3.05, 3.63) is 29.8 Å². The third-order valence-electron chi connectivity index (χ3n) is 4.69. The number of aliphatic hydroxyl groups is 1. The highest BCUT2D eigenvalue weighted by Gasteiger charge is 2.17. The molecule has 0 bridgehead atoms. The van der Waals surface area contributed by atoms with Crippen LogP contribution >= 0.6 is 0 Å². The fraction of sp³-hybridized carbons (Fsp3) is 0.667. The van der Waals surface area contributed by atoms with Crippen LogP contribution in [0.15, 0.2) is 24.3 Å². The molecule has 1 unspecified atom stereocenters.